The molecule has 0 aromatic heterocycles. The summed E-state index contributed by atoms with van der Waals surface area (Å²) < 4.78 is 4.94. The standard InChI is InChI=1S/C6H14O2/c1-3-6(7)5-8-4-2/h6-7H,3-5H2,1-2H3/t6-/m0/s1. The number of hydrogen-bond acceptors (Lipinski definition) is 2. The quantitative estimate of drug-likeness (QED) is 0.591. The summed E-state index contributed by atoms with van der Waals surface area (Å²) in [7, 11) is 0. The van der Waals surface area contributed by atoms with Crippen LogP contribution in [0.5, 0.6) is 0 Å². The van der Waals surface area contributed by atoms with E-state index in [0.29, 0.717) is 13.2 Å². The highest BCUT2D eigenvalue weighted by Crippen LogP contribution is 1.89. The number of aliphatic hydroxyl groups excluding tert-OH is 1. The molecule has 0 rings (SSSR count). The van der Waals surface area contributed by atoms with Crippen molar-refractivity contribution >= 4 is 0 Å². The first kappa shape index (κ1) is 7.92. The Morgan fingerprint density at radius 1 is 1.50 bits per heavy atom. The number of aliphatic hydroxyl groups is 1. The van der Waals surface area contributed by atoms with Crippen molar-refractivity contribution in [1.29, 1.82) is 0 Å². The van der Waals surface area contributed by atoms with Crippen LogP contribution in [0.4, 0.5) is 0 Å². The van der Waals surface area contributed by atoms with E-state index in [1.165, 1.54) is 0 Å². The van der Waals surface area contributed by atoms with Crippen molar-refractivity contribution in [2.24, 2.45) is 0 Å². The van der Waals surface area contributed by atoms with Gasteiger partial charge in [-0.05, 0) is 13.3 Å². The van der Waals surface area contributed by atoms with Crippen LogP contribution in [0.2, 0.25) is 0 Å². The molecule has 0 amide bonds. The number of rotatable bonds is 4. The molecule has 0 spiro atoms. The minimum absolute atomic E-state index is 0.269. The molecule has 1 N–H and O–H groups in total. The minimum Gasteiger partial charge on any atom is -0.391 e. The van der Waals surface area contributed by atoms with E-state index in [2.05, 4.69) is 0 Å². The largest absolute Gasteiger partial charge is 0.391 e. The molecule has 0 aromatic carbocycles. The summed E-state index contributed by atoms with van der Waals surface area (Å²) in [6.07, 6.45) is 0.509. The van der Waals surface area contributed by atoms with Crippen LogP contribution in [-0.2, 0) is 4.74 Å². The monoisotopic (exact) mass is 118 g/mol. The average molecular weight is 118 g/mol. The maximum atomic E-state index is 8.86. The van der Waals surface area contributed by atoms with Gasteiger partial charge >= 0.3 is 0 Å². The second-order valence-electron chi connectivity index (χ2n) is 1.72. The summed E-state index contributed by atoms with van der Waals surface area (Å²) in [6.45, 7) is 5.02. The van der Waals surface area contributed by atoms with Gasteiger partial charge in [-0.3, -0.25) is 0 Å². The highest BCUT2D eigenvalue weighted by Gasteiger charge is 1.96. The van der Waals surface area contributed by atoms with Gasteiger partial charge in [0.05, 0.1) is 12.7 Å². The fraction of sp³-hybridized carbons (Fsp3) is 1.00. The third-order valence-corrected chi connectivity index (χ3v) is 0.986. The maximum Gasteiger partial charge on any atom is 0.0771 e. The lowest BCUT2D eigenvalue weighted by Crippen LogP contribution is -2.13. The first-order valence-corrected chi connectivity index (χ1v) is 3.07. The Labute approximate surface area is 50.5 Å². The van der Waals surface area contributed by atoms with Crippen LogP contribution in [-0.4, -0.2) is 24.4 Å². The molecule has 50 valence electrons. The second-order valence-corrected chi connectivity index (χ2v) is 1.72. The molecule has 1 atom stereocenters. The molecule has 0 saturated carbocycles. The van der Waals surface area contributed by atoms with Crippen molar-refractivity contribution in [3.63, 3.8) is 0 Å². The molecule has 0 radical (unpaired) electrons. The van der Waals surface area contributed by atoms with Crippen molar-refractivity contribution in [3.8, 4) is 0 Å². The number of hydrogen-bond donors (Lipinski definition) is 1. The van der Waals surface area contributed by atoms with E-state index in [1.807, 2.05) is 13.8 Å². The highest BCUT2D eigenvalue weighted by atomic mass is 16.5. The van der Waals surface area contributed by atoms with Crippen LogP contribution >= 0.6 is 0 Å². The Hall–Kier alpha value is -0.0800. The van der Waals surface area contributed by atoms with Crippen LogP contribution < -0.4 is 0 Å². The summed E-state index contributed by atoms with van der Waals surface area (Å²) in [5.41, 5.74) is 0. The number of ether oxygens (including phenoxy) is 1. The first-order valence-electron chi connectivity index (χ1n) is 3.07. The van der Waals surface area contributed by atoms with Gasteiger partial charge in [-0.25, -0.2) is 0 Å². The average Bonchev–Trinajstić information content (AvgIpc) is 1.83. The first-order chi connectivity index (χ1) is 3.81. The van der Waals surface area contributed by atoms with Gasteiger partial charge in [0.1, 0.15) is 0 Å². The normalized spacial score (nSPS) is 13.9. The molecule has 2 heteroatoms. The third kappa shape index (κ3) is 4.09. The van der Waals surface area contributed by atoms with E-state index in [4.69, 9.17) is 9.84 Å². The van der Waals surface area contributed by atoms with E-state index < -0.39 is 0 Å². The lowest BCUT2D eigenvalue weighted by Gasteiger charge is -2.05. The lowest BCUT2D eigenvalue weighted by atomic mass is 10.3. The summed E-state index contributed by atoms with van der Waals surface area (Å²) in [5, 5.41) is 8.86. The van der Waals surface area contributed by atoms with Gasteiger partial charge in [-0.2, -0.15) is 0 Å². The van der Waals surface area contributed by atoms with Gasteiger partial charge < -0.3 is 9.84 Å². The van der Waals surface area contributed by atoms with Crippen LogP contribution in [0, 0.1) is 0 Å². The van der Waals surface area contributed by atoms with Crippen LogP contribution in [0.1, 0.15) is 20.3 Å². The molecular weight excluding hydrogens is 104 g/mol. The van der Waals surface area contributed by atoms with E-state index in [-0.39, 0.29) is 6.10 Å². The lowest BCUT2D eigenvalue weighted by molar-refractivity contribution is 0.0408. The Kier molecular flexibility index (Phi) is 5.01. The second kappa shape index (κ2) is 5.06. The Morgan fingerprint density at radius 3 is 2.50 bits per heavy atom. The molecular formula is C6H14O2. The molecule has 0 aliphatic heterocycles. The highest BCUT2D eigenvalue weighted by molar-refractivity contribution is 4.46. The topological polar surface area (TPSA) is 29.5 Å². The molecule has 0 aliphatic rings. The van der Waals surface area contributed by atoms with Gasteiger partial charge in [-0.15, -0.1) is 0 Å². The van der Waals surface area contributed by atoms with Gasteiger partial charge in [0.25, 0.3) is 0 Å². The van der Waals surface area contributed by atoms with E-state index in [9.17, 15) is 0 Å². The molecule has 0 unspecified atom stereocenters. The predicted molar refractivity (Wildman–Crippen MR) is 32.8 cm³/mol. The van der Waals surface area contributed by atoms with Gasteiger partial charge in [0.15, 0.2) is 0 Å². The fourth-order valence-electron chi connectivity index (χ4n) is 0.372. The molecule has 0 aliphatic carbocycles. The summed E-state index contributed by atoms with van der Waals surface area (Å²) in [4.78, 5) is 0. The molecule has 0 saturated heterocycles. The Bertz CT molecular complexity index is 45.8. The molecule has 2 nitrogen and oxygen atoms in total. The van der Waals surface area contributed by atoms with Crippen LogP contribution in [0.3, 0.4) is 0 Å². The van der Waals surface area contributed by atoms with Crippen LogP contribution in [0.15, 0.2) is 0 Å². The predicted octanol–water partition coefficient (Wildman–Crippen LogP) is 0.794. The zero-order valence-electron chi connectivity index (χ0n) is 5.55. The molecule has 0 fully saturated rings. The van der Waals surface area contributed by atoms with E-state index in [1.54, 1.807) is 0 Å². The van der Waals surface area contributed by atoms with Crippen molar-refractivity contribution in [1.82, 2.24) is 0 Å². The zero-order chi connectivity index (χ0) is 6.41. The van der Waals surface area contributed by atoms with E-state index >= 15 is 0 Å². The summed E-state index contributed by atoms with van der Waals surface area (Å²) in [6, 6.07) is 0. The Morgan fingerprint density at radius 2 is 2.12 bits per heavy atom. The molecule has 8 heavy (non-hydrogen) atoms. The van der Waals surface area contributed by atoms with Gasteiger partial charge in [0.2, 0.25) is 0 Å². The van der Waals surface area contributed by atoms with Crippen LogP contribution in [0.25, 0.3) is 0 Å². The molecule has 0 heterocycles. The zero-order valence-corrected chi connectivity index (χ0v) is 5.55. The minimum atomic E-state index is -0.269. The fourth-order valence-corrected chi connectivity index (χ4v) is 0.372. The van der Waals surface area contributed by atoms with Crippen molar-refractivity contribution < 1.29 is 9.84 Å². The van der Waals surface area contributed by atoms with Crippen molar-refractivity contribution in [2.45, 2.75) is 26.4 Å². The Balaban J connectivity index is 2.86. The smallest absolute Gasteiger partial charge is 0.0771 e. The molecule has 0 bridgehead atoms. The van der Waals surface area contributed by atoms with Crippen molar-refractivity contribution in [3.05, 3.63) is 0 Å². The third-order valence-electron chi connectivity index (χ3n) is 0.986. The van der Waals surface area contributed by atoms with E-state index in [0.717, 1.165) is 6.42 Å². The van der Waals surface area contributed by atoms with Gasteiger partial charge in [-0.1, -0.05) is 6.92 Å². The van der Waals surface area contributed by atoms with Gasteiger partial charge in [0, 0.05) is 6.61 Å². The SMILES string of the molecule is CCOC[C@@H](O)CC. The molecule has 0 aromatic rings. The van der Waals surface area contributed by atoms with Crippen molar-refractivity contribution in [2.75, 3.05) is 13.2 Å². The summed E-state index contributed by atoms with van der Waals surface area (Å²) in [5.74, 6) is 0. The summed E-state index contributed by atoms with van der Waals surface area (Å²) >= 11 is 0. The maximum absolute atomic E-state index is 8.86.